The molecule has 0 aliphatic heterocycles. The molecule has 1 aromatic rings. The number of benzene rings is 1. The number of hydrogen-bond acceptors (Lipinski definition) is 1. The zero-order valence-corrected chi connectivity index (χ0v) is 14.8. The summed E-state index contributed by atoms with van der Waals surface area (Å²) in [6, 6.07) is 5.09. The summed E-state index contributed by atoms with van der Waals surface area (Å²) in [5.74, 6) is 0.436. The Morgan fingerprint density at radius 3 is 2.48 bits per heavy atom. The quantitative estimate of drug-likeness (QED) is 0.756. The molecule has 0 radical (unpaired) electrons. The van der Waals surface area contributed by atoms with E-state index < -0.39 is 5.60 Å². The van der Waals surface area contributed by atoms with Crippen molar-refractivity contribution in [3.05, 3.63) is 34.1 Å². The van der Waals surface area contributed by atoms with Crippen LogP contribution < -0.4 is 0 Å². The van der Waals surface area contributed by atoms with Crippen LogP contribution in [0.25, 0.3) is 0 Å². The molecule has 2 rings (SSSR count). The van der Waals surface area contributed by atoms with E-state index in [0.717, 1.165) is 36.6 Å². The minimum atomic E-state index is -0.741. The van der Waals surface area contributed by atoms with Crippen LogP contribution in [0, 0.1) is 17.2 Å². The smallest absolute Gasteiger partial charge is 0.127 e. The number of rotatable bonds is 4. The first-order chi connectivity index (χ1) is 9.76. The van der Waals surface area contributed by atoms with Gasteiger partial charge in [-0.15, -0.1) is 0 Å². The Labute approximate surface area is 136 Å². The van der Waals surface area contributed by atoms with Crippen molar-refractivity contribution in [3.8, 4) is 0 Å². The van der Waals surface area contributed by atoms with Crippen molar-refractivity contribution in [2.24, 2.45) is 11.3 Å². The fraction of sp³-hybridized carbons (Fsp3) is 0.667. The molecule has 1 fully saturated rings. The van der Waals surface area contributed by atoms with Gasteiger partial charge in [-0.25, -0.2) is 4.39 Å². The lowest BCUT2D eigenvalue weighted by Crippen LogP contribution is -2.39. The lowest BCUT2D eigenvalue weighted by Gasteiger charge is -2.42. The first-order valence-corrected chi connectivity index (χ1v) is 8.71. The zero-order chi connectivity index (χ0) is 15.7. The van der Waals surface area contributed by atoms with Crippen LogP contribution in [-0.2, 0) is 6.42 Å². The minimum Gasteiger partial charge on any atom is -0.390 e. The van der Waals surface area contributed by atoms with Crippen LogP contribution in [-0.4, -0.2) is 10.7 Å². The lowest BCUT2D eigenvalue weighted by atomic mass is 9.65. The van der Waals surface area contributed by atoms with Gasteiger partial charge in [0.1, 0.15) is 5.82 Å². The van der Waals surface area contributed by atoms with Crippen molar-refractivity contribution in [1.82, 2.24) is 0 Å². The Kier molecular flexibility index (Phi) is 5.15. The summed E-state index contributed by atoms with van der Waals surface area (Å²) in [7, 11) is 0. The maximum Gasteiger partial charge on any atom is 0.127 e. The maximum absolute atomic E-state index is 14.0. The third-order valence-corrected chi connectivity index (χ3v) is 5.96. The topological polar surface area (TPSA) is 20.2 Å². The van der Waals surface area contributed by atoms with Crippen LogP contribution in [0.3, 0.4) is 0 Å². The Hall–Kier alpha value is -0.410. The molecular formula is C18H26BrFO. The average molecular weight is 357 g/mol. The fourth-order valence-electron chi connectivity index (χ4n) is 3.42. The standard InChI is InChI=1S/C18H26BrFO/c1-4-17(2,3)14-7-9-18(21,10-8-14)12-13-5-6-15(19)11-16(13)20/h5-6,11,14,21H,4,7-10,12H2,1-3H3. The second-order valence-electron chi connectivity index (χ2n) is 7.25. The molecule has 1 aromatic carbocycles. The molecule has 0 aromatic heterocycles. The van der Waals surface area contributed by atoms with E-state index in [0.29, 0.717) is 23.3 Å². The lowest BCUT2D eigenvalue weighted by molar-refractivity contribution is -0.0281. The molecule has 0 heterocycles. The summed E-state index contributed by atoms with van der Waals surface area (Å²) in [6.07, 6.45) is 5.21. The van der Waals surface area contributed by atoms with E-state index in [1.165, 1.54) is 6.07 Å². The summed E-state index contributed by atoms with van der Waals surface area (Å²) >= 11 is 3.27. The first-order valence-electron chi connectivity index (χ1n) is 7.92. The summed E-state index contributed by atoms with van der Waals surface area (Å²) < 4.78 is 14.7. The Bertz CT molecular complexity index is 490. The van der Waals surface area contributed by atoms with Crippen LogP contribution in [0.5, 0.6) is 0 Å². The van der Waals surface area contributed by atoms with Gasteiger partial charge in [0.2, 0.25) is 0 Å². The van der Waals surface area contributed by atoms with E-state index in [2.05, 4.69) is 36.7 Å². The molecule has 1 N–H and O–H groups in total. The molecule has 0 atom stereocenters. The molecule has 0 spiro atoms. The molecule has 0 saturated heterocycles. The third-order valence-electron chi connectivity index (χ3n) is 5.47. The van der Waals surface area contributed by atoms with Crippen LogP contribution in [0.15, 0.2) is 22.7 Å². The van der Waals surface area contributed by atoms with Gasteiger partial charge in [-0.3, -0.25) is 0 Å². The normalized spacial score (nSPS) is 26.9. The van der Waals surface area contributed by atoms with Gasteiger partial charge in [0.05, 0.1) is 5.60 Å². The Morgan fingerprint density at radius 1 is 1.33 bits per heavy atom. The van der Waals surface area contributed by atoms with E-state index in [1.54, 1.807) is 6.07 Å². The molecule has 0 bridgehead atoms. The van der Waals surface area contributed by atoms with E-state index in [-0.39, 0.29) is 5.82 Å². The van der Waals surface area contributed by atoms with Crippen LogP contribution in [0.4, 0.5) is 4.39 Å². The molecule has 1 aliphatic rings. The van der Waals surface area contributed by atoms with Gasteiger partial charge in [-0.05, 0) is 54.7 Å². The molecule has 0 amide bonds. The number of halogens is 2. The van der Waals surface area contributed by atoms with Crippen molar-refractivity contribution in [2.45, 2.75) is 64.9 Å². The zero-order valence-electron chi connectivity index (χ0n) is 13.3. The summed E-state index contributed by atoms with van der Waals surface area (Å²) in [6.45, 7) is 6.87. The van der Waals surface area contributed by atoms with Crippen molar-refractivity contribution < 1.29 is 9.50 Å². The van der Waals surface area contributed by atoms with Crippen LogP contribution in [0.2, 0.25) is 0 Å². The molecule has 1 saturated carbocycles. The molecular weight excluding hydrogens is 331 g/mol. The molecule has 0 unspecified atom stereocenters. The predicted octanol–water partition coefficient (Wildman–Crippen LogP) is 5.49. The second-order valence-corrected chi connectivity index (χ2v) is 8.17. The highest BCUT2D eigenvalue weighted by molar-refractivity contribution is 9.10. The van der Waals surface area contributed by atoms with Gasteiger partial charge in [0.25, 0.3) is 0 Å². The number of hydrogen-bond donors (Lipinski definition) is 1. The Morgan fingerprint density at radius 2 is 1.95 bits per heavy atom. The first kappa shape index (κ1) is 17.0. The highest BCUT2D eigenvalue weighted by atomic mass is 79.9. The van der Waals surface area contributed by atoms with E-state index in [4.69, 9.17) is 0 Å². The van der Waals surface area contributed by atoms with Crippen molar-refractivity contribution in [1.29, 1.82) is 0 Å². The molecule has 3 heteroatoms. The Balaban J connectivity index is 2.02. The molecule has 21 heavy (non-hydrogen) atoms. The van der Waals surface area contributed by atoms with Crippen molar-refractivity contribution in [3.63, 3.8) is 0 Å². The highest BCUT2D eigenvalue weighted by Gasteiger charge is 2.38. The largest absolute Gasteiger partial charge is 0.390 e. The van der Waals surface area contributed by atoms with E-state index >= 15 is 0 Å². The molecule has 1 aliphatic carbocycles. The SMILES string of the molecule is CCC(C)(C)C1CCC(O)(Cc2ccc(Br)cc2F)CC1. The highest BCUT2D eigenvalue weighted by Crippen LogP contribution is 2.44. The minimum absolute atomic E-state index is 0.228. The van der Waals surface area contributed by atoms with Gasteiger partial charge >= 0.3 is 0 Å². The molecule has 118 valence electrons. The van der Waals surface area contributed by atoms with Crippen LogP contribution >= 0.6 is 15.9 Å². The summed E-state index contributed by atoms with van der Waals surface area (Å²) in [5, 5.41) is 10.8. The van der Waals surface area contributed by atoms with E-state index in [1.807, 2.05) is 6.07 Å². The van der Waals surface area contributed by atoms with Crippen LogP contribution in [0.1, 0.15) is 58.4 Å². The molecule has 1 nitrogen and oxygen atoms in total. The fourth-order valence-corrected chi connectivity index (χ4v) is 3.75. The van der Waals surface area contributed by atoms with Gasteiger partial charge < -0.3 is 5.11 Å². The number of aliphatic hydroxyl groups is 1. The van der Waals surface area contributed by atoms with Gasteiger partial charge in [-0.1, -0.05) is 49.2 Å². The summed E-state index contributed by atoms with van der Waals surface area (Å²) in [5.41, 5.74) is 0.216. The predicted molar refractivity (Wildman–Crippen MR) is 88.8 cm³/mol. The van der Waals surface area contributed by atoms with Gasteiger partial charge in [0.15, 0.2) is 0 Å². The third kappa shape index (κ3) is 4.07. The summed E-state index contributed by atoms with van der Waals surface area (Å²) in [4.78, 5) is 0. The van der Waals surface area contributed by atoms with Gasteiger partial charge in [-0.2, -0.15) is 0 Å². The monoisotopic (exact) mass is 356 g/mol. The second kappa shape index (κ2) is 6.37. The van der Waals surface area contributed by atoms with E-state index in [9.17, 15) is 9.50 Å². The van der Waals surface area contributed by atoms with Gasteiger partial charge in [0, 0.05) is 10.9 Å². The maximum atomic E-state index is 14.0. The van der Waals surface area contributed by atoms with Crippen molar-refractivity contribution in [2.75, 3.05) is 0 Å². The average Bonchev–Trinajstić information content (AvgIpc) is 2.42. The van der Waals surface area contributed by atoms with Crippen molar-refractivity contribution >= 4 is 15.9 Å².